The van der Waals surface area contributed by atoms with Gasteiger partial charge in [0.25, 0.3) is 0 Å². The SMILES string of the molecule is CCCCN(CCO)C(=O)CCS(=O)(=O)N1CCOCC1. The molecule has 0 spiro atoms. The molecule has 1 aliphatic rings. The van der Waals surface area contributed by atoms with Crippen molar-refractivity contribution in [1.82, 2.24) is 9.21 Å². The van der Waals surface area contributed by atoms with Gasteiger partial charge in [0.2, 0.25) is 15.9 Å². The van der Waals surface area contributed by atoms with E-state index in [1.165, 1.54) is 4.31 Å². The van der Waals surface area contributed by atoms with Gasteiger partial charge in [-0.1, -0.05) is 13.3 Å². The van der Waals surface area contributed by atoms with Crippen LogP contribution in [0.25, 0.3) is 0 Å². The first-order chi connectivity index (χ1) is 10.0. The lowest BCUT2D eigenvalue weighted by molar-refractivity contribution is -0.131. The molecule has 0 atom stereocenters. The van der Waals surface area contributed by atoms with Crippen molar-refractivity contribution in [3.8, 4) is 0 Å². The first-order valence-electron chi connectivity index (χ1n) is 7.45. The molecule has 0 unspecified atom stereocenters. The quantitative estimate of drug-likeness (QED) is 0.627. The second kappa shape index (κ2) is 9.34. The Hall–Kier alpha value is -0.700. The zero-order valence-electron chi connectivity index (χ0n) is 12.7. The molecule has 1 fully saturated rings. The lowest BCUT2D eigenvalue weighted by atomic mass is 10.3. The van der Waals surface area contributed by atoms with E-state index in [1.807, 2.05) is 6.92 Å². The number of amides is 1. The summed E-state index contributed by atoms with van der Waals surface area (Å²) >= 11 is 0. The molecule has 7 nitrogen and oxygen atoms in total. The fourth-order valence-corrected chi connectivity index (χ4v) is 3.56. The van der Waals surface area contributed by atoms with Crippen molar-refractivity contribution in [3.05, 3.63) is 0 Å². The molecular formula is C13H26N2O5S. The summed E-state index contributed by atoms with van der Waals surface area (Å²) in [5.41, 5.74) is 0. The van der Waals surface area contributed by atoms with E-state index in [0.717, 1.165) is 12.8 Å². The number of rotatable bonds is 9. The van der Waals surface area contributed by atoms with Gasteiger partial charge >= 0.3 is 0 Å². The molecule has 0 aromatic rings. The van der Waals surface area contributed by atoms with E-state index in [9.17, 15) is 13.2 Å². The van der Waals surface area contributed by atoms with E-state index in [-0.39, 0.29) is 31.2 Å². The third-order valence-corrected chi connectivity index (χ3v) is 5.31. The van der Waals surface area contributed by atoms with Crippen LogP contribution < -0.4 is 0 Å². The van der Waals surface area contributed by atoms with Crippen LogP contribution in [0.4, 0.5) is 0 Å². The van der Waals surface area contributed by atoms with Crippen LogP contribution >= 0.6 is 0 Å². The number of unbranched alkanes of at least 4 members (excludes halogenated alkanes) is 1. The Morgan fingerprint density at radius 2 is 1.95 bits per heavy atom. The minimum atomic E-state index is -3.40. The Morgan fingerprint density at radius 1 is 1.29 bits per heavy atom. The van der Waals surface area contributed by atoms with Crippen LogP contribution in [0.1, 0.15) is 26.2 Å². The van der Waals surface area contributed by atoms with Gasteiger partial charge in [-0.3, -0.25) is 4.79 Å². The first-order valence-corrected chi connectivity index (χ1v) is 9.06. The van der Waals surface area contributed by atoms with E-state index in [1.54, 1.807) is 4.90 Å². The van der Waals surface area contributed by atoms with Crippen molar-refractivity contribution in [2.45, 2.75) is 26.2 Å². The zero-order chi connectivity index (χ0) is 15.7. The number of nitrogens with zero attached hydrogens (tertiary/aromatic N) is 2. The number of sulfonamides is 1. The highest BCUT2D eigenvalue weighted by molar-refractivity contribution is 7.89. The highest BCUT2D eigenvalue weighted by Gasteiger charge is 2.25. The Kier molecular flexibility index (Phi) is 8.16. The van der Waals surface area contributed by atoms with Gasteiger partial charge in [-0.25, -0.2) is 8.42 Å². The first kappa shape index (κ1) is 18.3. The maximum Gasteiger partial charge on any atom is 0.223 e. The maximum atomic E-state index is 12.1. The molecule has 1 N–H and O–H groups in total. The predicted molar refractivity (Wildman–Crippen MR) is 79.4 cm³/mol. The molecule has 124 valence electrons. The minimum absolute atomic E-state index is 0.0383. The summed E-state index contributed by atoms with van der Waals surface area (Å²) in [5, 5.41) is 8.98. The van der Waals surface area contributed by atoms with E-state index in [2.05, 4.69) is 0 Å². The average Bonchev–Trinajstić information content (AvgIpc) is 2.50. The molecule has 1 amide bonds. The van der Waals surface area contributed by atoms with E-state index in [4.69, 9.17) is 9.84 Å². The second-order valence-electron chi connectivity index (χ2n) is 5.04. The number of aliphatic hydroxyl groups excluding tert-OH is 1. The number of hydrogen-bond acceptors (Lipinski definition) is 5. The summed E-state index contributed by atoms with van der Waals surface area (Å²) in [6.45, 7) is 4.25. The average molecular weight is 322 g/mol. The van der Waals surface area contributed by atoms with Crippen LogP contribution in [-0.2, 0) is 19.6 Å². The predicted octanol–water partition coefficient (Wildman–Crippen LogP) is -0.340. The second-order valence-corrected chi connectivity index (χ2v) is 7.12. The van der Waals surface area contributed by atoms with Gasteiger partial charge in [0.1, 0.15) is 0 Å². The monoisotopic (exact) mass is 322 g/mol. The number of ether oxygens (including phenoxy) is 1. The van der Waals surface area contributed by atoms with Gasteiger partial charge < -0.3 is 14.7 Å². The van der Waals surface area contributed by atoms with Crippen molar-refractivity contribution in [2.75, 3.05) is 51.8 Å². The fraction of sp³-hybridized carbons (Fsp3) is 0.923. The highest BCUT2D eigenvalue weighted by Crippen LogP contribution is 2.08. The molecule has 0 aromatic heterocycles. The van der Waals surface area contributed by atoms with Crippen LogP contribution in [0.2, 0.25) is 0 Å². The third kappa shape index (κ3) is 6.29. The number of morpholine rings is 1. The Morgan fingerprint density at radius 3 is 2.52 bits per heavy atom. The summed E-state index contributed by atoms with van der Waals surface area (Å²) in [6.07, 6.45) is 1.76. The van der Waals surface area contributed by atoms with Gasteiger partial charge in [-0.15, -0.1) is 0 Å². The van der Waals surface area contributed by atoms with Crippen LogP contribution in [0.15, 0.2) is 0 Å². The van der Waals surface area contributed by atoms with Gasteiger partial charge in [0.15, 0.2) is 0 Å². The summed E-state index contributed by atoms with van der Waals surface area (Å²) in [5.74, 6) is -0.394. The number of carbonyl (C=O) groups is 1. The smallest absolute Gasteiger partial charge is 0.223 e. The molecule has 0 saturated carbocycles. The Labute approximate surface area is 126 Å². The van der Waals surface area contributed by atoms with Gasteiger partial charge in [-0.05, 0) is 6.42 Å². The van der Waals surface area contributed by atoms with Gasteiger partial charge in [-0.2, -0.15) is 4.31 Å². The normalized spacial score (nSPS) is 16.9. The standard InChI is InChI=1S/C13H26N2O5S/c1-2-3-5-14(6-9-16)13(17)4-12-21(18,19)15-7-10-20-11-8-15/h16H,2-12H2,1H3. The van der Waals surface area contributed by atoms with Crippen molar-refractivity contribution >= 4 is 15.9 Å². The number of hydrogen-bond donors (Lipinski definition) is 1. The van der Waals surface area contributed by atoms with E-state index >= 15 is 0 Å². The van der Waals surface area contributed by atoms with E-state index < -0.39 is 10.0 Å². The van der Waals surface area contributed by atoms with Crippen LogP contribution in [0.3, 0.4) is 0 Å². The zero-order valence-corrected chi connectivity index (χ0v) is 13.5. The van der Waals surface area contributed by atoms with Crippen molar-refractivity contribution < 1.29 is 23.1 Å². The molecule has 0 aromatic carbocycles. The minimum Gasteiger partial charge on any atom is -0.395 e. The molecule has 1 aliphatic heterocycles. The third-order valence-electron chi connectivity index (χ3n) is 3.44. The Bertz CT molecular complexity index is 407. The maximum absolute atomic E-state index is 12.1. The lowest BCUT2D eigenvalue weighted by Crippen LogP contribution is -2.43. The summed E-state index contributed by atoms with van der Waals surface area (Å²) in [6, 6.07) is 0. The number of aliphatic hydroxyl groups is 1. The van der Waals surface area contributed by atoms with Gasteiger partial charge in [0, 0.05) is 32.6 Å². The van der Waals surface area contributed by atoms with Crippen molar-refractivity contribution in [1.29, 1.82) is 0 Å². The van der Waals surface area contributed by atoms with Crippen LogP contribution in [0, 0.1) is 0 Å². The molecule has 1 saturated heterocycles. The molecule has 21 heavy (non-hydrogen) atoms. The topological polar surface area (TPSA) is 87.2 Å². The Balaban J connectivity index is 2.48. The highest BCUT2D eigenvalue weighted by atomic mass is 32.2. The van der Waals surface area contributed by atoms with Gasteiger partial charge in [0.05, 0.1) is 25.6 Å². The molecule has 1 heterocycles. The summed E-state index contributed by atoms with van der Waals surface area (Å²) < 4.78 is 30.8. The largest absolute Gasteiger partial charge is 0.395 e. The molecule has 0 aliphatic carbocycles. The summed E-state index contributed by atoms with van der Waals surface area (Å²) in [7, 11) is -3.40. The summed E-state index contributed by atoms with van der Waals surface area (Å²) in [4.78, 5) is 13.6. The fourth-order valence-electron chi connectivity index (χ4n) is 2.16. The van der Waals surface area contributed by atoms with E-state index in [0.29, 0.717) is 32.8 Å². The molecule has 8 heteroatoms. The molecule has 0 bridgehead atoms. The molecule has 1 rings (SSSR count). The van der Waals surface area contributed by atoms with Crippen molar-refractivity contribution in [3.63, 3.8) is 0 Å². The number of carbonyl (C=O) groups excluding carboxylic acids is 1. The van der Waals surface area contributed by atoms with Crippen molar-refractivity contribution in [2.24, 2.45) is 0 Å². The lowest BCUT2D eigenvalue weighted by Gasteiger charge is -2.26. The van der Waals surface area contributed by atoms with Crippen LogP contribution in [-0.4, -0.2) is 80.4 Å². The molecular weight excluding hydrogens is 296 g/mol. The molecule has 0 radical (unpaired) electrons. The van der Waals surface area contributed by atoms with Crippen LogP contribution in [0.5, 0.6) is 0 Å².